The number of amides is 1. The maximum atomic E-state index is 11.4. The van der Waals surface area contributed by atoms with Gasteiger partial charge in [-0.3, -0.25) is 4.79 Å². The maximum Gasteiger partial charge on any atom is 0.219 e. The average molecular weight is 285 g/mol. The molecule has 21 heavy (non-hydrogen) atoms. The van der Waals surface area contributed by atoms with Crippen molar-refractivity contribution < 1.29 is 9.53 Å². The molecule has 1 atom stereocenters. The molecule has 1 N–H and O–H groups in total. The van der Waals surface area contributed by atoms with Gasteiger partial charge in [0.25, 0.3) is 0 Å². The van der Waals surface area contributed by atoms with Crippen molar-refractivity contribution in [1.29, 1.82) is 0 Å². The zero-order valence-corrected chi connectivity index (χ0v) is 12.9. The molecule has 2 aliphatic rings. The molecule has 0 saturated carbocycles. The molecule has 3 nitrogen and oxygen atoms in total. The topological polar surface area (TPSA) is 38.3 Å². The van der Waals surface area contributed by atoms with Gasteiger partial charge in [-0.1, -0.05) is 24.6 Å². The molecule has 3 rings (SSSR count). The van der Waals surface area contributed by atoms with Gasteiger partial charge in [0.15, 0.2) is 0 Å². The summed E-state index contributed by atoms with van der Waals surface area (Å²) in [6, 6.07) is 4.27. The van der Waals surface area contributed by atoms with Crippen LogP contribution >= 0.6 is 0 Å². The van der Waals surface area contributed by atoms with Gasteiger partial charge in [-0.05, 0) is 48.1 Å². The van der Waals surface area contributed by atoms with Crippen molar-refractivity contribution in [1.82, 2.24) is 5.32 Å². The highest BCUT2D eigenvalue weighted by molar-refractivity contribution is 5.75. The quantitative estimate of drug-likeness (QED) is 0.896. The standard InChI is InChI=1S/C18H23NO2/c1-3-16(20)19-10-9-14-11-13-6-4-5-12-7-8-15(21-2)18(14)17(12)13/h5,7-8,14H,3-4,6,9-11H2,1-2H3,(H,19,20). The number of ether oxygens (including phenoxy) is 1. The van der Waals surface area contributed by atoms with E-state index in [0.29, 0.717) is 12.3 Å². The Morgan fingerprint density at radius 1 is 1.43 bits per heavy atom. The average Bonchev–Trinajstić information content (AvgIpc) is 2.88. The second kappa shape index (κ2) is 5.92. The van der Waals surface area contributed by atoms with Crippen molar-refractivity contribution in [3.63, 3.8) is 0 Å². The molecule has 0 saturated heterocycles. The highest BCUT2D eigenvalue weighted by Crippen LogP contribution is 2.37. The van der Waals surface area contributed by atoms with Crippen LogP contribution in [0.25, 0.3) is 11.6 Å². The van der Waals surface area contributed by atoms with Crippen molar-refractivity contribution in [2.45, 2.75) is 44.9 Å². The first kappa shape index (κ1) is 14.2. The number of methoxy groups -OCH3 is 1. The highest BCUT2D eigenvalue weighted by atomic mass is 16.5. The van der Waals surface area contributed by atoms with E-state index in [-0.39, 0.29) is 5.91 Å². The lowest BCUT2D eigenvalue weighted by Gasteiger charge is -2.15. The van der Waals surface area contributed by atoms with E-state index in [1.54, 1.807) is 12.7 Å². The largest absolute Gasteiger partial charge is 0.496 e. The minimum Gasteiger partial charge on any atom is -0.496 e. The Bertz CT molecular complexity index is 675. The summed E-state index contributed by atoms with van der Waals surface area (Å²) >= 11 is 0. The van der Waals surface area contributed by atoms with Crippen LogP contribution in [0.1, 0.15) is 50.5 Å². The Morgan fingerprint density at radius 2 is 2.29 bits per heavy atom. The number of carbonyl (C=O) groups is 1. The van der Waals surface area contributed by atoms with Crippen molar-refractivity contribution in [2.24, 2.45) is 0 Å². The first-order chi connectivity index (χ1) is 10.2. The Labute approximate surface area is 125 Å². The van der Waals surface area contributed by atoms with Gasteiger partial charge in [-0.25, -0.2) is 0 Å². The van der Waals surface area contributed by atoms with Crippen LogP contribution in [0.4, 0.5) is 0 Å². The van der Waals surface area contributed by atoms with Gasteiger partial charge < -0.3 is 10.1 Å². The molecular formula is C18H23NO2. The van der Waals surface area contributed by atoms with Crippen molar-refractivity contribution >= 4 is 17.6 Å². The smallest absolute Gasteiger partial charge is 0.219 e. The van der Waals surface area contributed by atoms with Crippen LogP contribution in [0.15, 0.2) is 12.1 Å². The van der Waals surface area contributed by atoms with E-state index < -0.39 is 0 Å². The highest BCUT2D eigenvalue weighted by Gasteiger charge is 2.27. The Kier molecular flexibility index (Phi) is 4.00. The van der Waals surface area contributed by atoms with Crippen LogP contribution < -0.4 is 20.5 Å². The van der Waals surface area contributed by atoms with E-state index in [9.17, 15) is 4.79 Å². The minimum atomic E-state index is 0.135. The molecule has 0 aliphatic heterocycles. The molecule has 0 bridgehead atoms. The number of hydrogen-bond donors (Lipinski definition) is 1. The monoisotopic (exact) mass is 285 g/mol. The Morgan fingerprint density at radius 3 is 3.05 bits per heavy atom. The fourth-order valence-corrected chi connectivity index (χ4v) is 3.65. The fraction of sp³-hybridized carbons (Fsp3) is 0.500. The van der Waals surface area contributed by atoms with Crippen molar-refractivity contribution in [2.75, 3.05) is 13.7 Å². The van der Waals surface area contributed by atoms with Crippen LogP contribution in [0, 0.1) is 0 Å². The summed E-state index contributed by atoms with van der Waals surface area (Å²) in [6.07, 6.45) is 7.32. The van der Waals surface area contributed by atoms with Crippen molar-refractivity contribution in [3.8, 4) is 5.75 Å². The summed E-state index contributed by atoms with van der Waals surface area (Å²) in [6.45, 7) is 2.64. The number of nitrogens with one attached hydrogen (secondary N) is 1. The third-order valence-electron chi connectivity index (χ3n) is 4.66. The lowest BCUT2D eigenvalue weighted by atomic mass is 9.95. The normalized spacial score (nSPS) is 19.0. The van der Waals surface area contributed by atoms with E-state index in [0.717, 1.165) is 31.6 Å². The third-order valence-corrected chi connectivity index (χ3v) is 4.66. The minimum absolute atomic E-state index is 0.135. The Balaban J connectivity index is 1.87. The number of benzene rings is 1. The summed E-state index contributed by atoms with van der Waals surface area (Å²) in [4.78, 5) is 11.4. The van der Waals surface area contributed by atoms with E-state index >= 15 is 0 Å². The lowest BCUT2D eigenvalue weighted by molar-refractivity contribution is -0.120. The van der Waals surface area contributed by atoms with Crippen molar-refractivity contribution in [3.05, 3.63) is 28.1 Å². The molecular weight excluding hydrogens is 262 g/mol. The van der Waals surface area contributed by atoms with Gasteiger partial charge in [-0.15, -0.1) is 0 Å². The molecule has 2 aliphatic carbocycles. The van der Waals surface area contributed by atoms with E-state index in [4.69, 9.17) is 4.74 Å². The van der Waals surface area contributed by atoms with Crippen LogP contribution in [0.5, 0.6) is 5.75 Å². The number of rotatable bonds is 5. The number of carbonyl (C=O) groups excluding carboxylic acids is 1. The Hall–Kier alpha value is -1.77. The first-order valence-corrected chi connectivity index (χ1v) is 7.90. The zero-order chi connectivity index (χ0) is 14.8. The second-order valence-electron chi connectivity index (χ2n) is 5.89. The van der Waals surface area contributed by atoms with Crippen LogP contribution in [0.3, 0.4) is 0 Å². The summed E-state index contributed by atoms with van der Waals surface area (Å²) in [7, 11) is 1.75. The van der Waals surface area contributed by atoms with Gasteiger partial charge in [0.2, 0.25) is 5.91 Å². The third kappa shape index (κ3) is 2.57. The fourth-order valence-electron chi connectivity index (χ4n) is 3.65. The van der Waals surface area contributed by atoms with Crippen LogP contribution in [-0.4, -0.2) is 19.6 Å². The lowest BCUT2D eigenvalue weighted by Crippen LogP contribution is -2.31. The predicted molar refractivity (Wildman–Crippen MR) is 84.6 cm³/mol. The summed E-state index contributed by atoms with van der Waals surface area (Å²) < 4.78 is 5.59. The summed E-state index contributed by atoms with van der Waals surface area (Å²) in [5, 5.41) is 5.80. The van der Waals surface area contributed by atoms with E-state index in [1.165, 1.54) is 22.4 Å². The molecule has 1 unspecified atom stereocenters. The summed E-state index contributed by atoms with van der Waals surface area (Å²) in [5.74, 6) is 1.62. The zero-order valence-electron chi connectivity index (χ0n) is 12.9. The van der Waals surface area contributed by atoms with Gasteiger partial charge in [-0.2, -0.15) is 0 Å². The van der Waals surface area contributed by atoms with E-state index in [1.807, 2.05) is 6.92 Å². The van der Waals surface area contributed by atoms with Crippen LogP contribution in [-0.2, 0) is 4.79 Å². The molecule has 112 valence electrons. The van der Waals surface area contributed by atoms with E-state index in [2.05, 4.69) is 23.5 Å². The predicted octanol–water partition coefficient (Wildman–Crippen LogP) is 1.82. The molecule has 1 amide bonds. The summed E-state index contributed by atoms with van der Waals surface area (Å²) in [5.41, 5.74) is 2.94. The molecule has 1 aromatic rings. The first-order valence-electron chi connectivity index (χ1n) is 7.90. The van der Waals surface area contributed by atoms with Gasteiger partial charge >= 0.3 is 0 Å². The maximum absolute atomic E-state index is 11.4. The molecule has 0 spiro atoms. The molecule has 0 aromatic heterocycles. The second-order valence-corrected chi connectivity index (χ2v) is 5.89. The molecule has 1 aromatic carbocycles. The molecule has 0 radical (unpaired) electrons. The SMILES string of the molecule is CCC(=O)NCCC1CC2=c3c1c(OC)ccc3=CCC2. The molecule has 0 fully saturated rings. The molecule has 0 heterocycles. The van der Waals surface area contributed by atoms with Crippen LogP contribution in [0.2, 0.25) is 0 Å². The van der Waals surface area contributed by atoms with Gasteiger partial charge in [0.1, 0.15) is 5.75 Å². The van der Waals surface area contributed by atoms with Gasteiger partial charge in [0, 0.05) is 18.5 Å². The van der Waals surface area contributed by atoms with Gasteiger partial charge in [0.05, 0.1) is 7.11 Å². The number of hydrogen-bond acceptors (Lipinski definition) is 2. The molecule has 3 heteroatoms.